The van der Waals surface area contributed by atoms with Crippen molar-refractivity contribution >= 4 is 51.8 Å². The summed E-state index contributed by atoms with van der Waals surface area (Å²) in [6.07, 6.45) is -23.5. The number of carbonyl (C=O) groups excluding carboxylic acids is 3. The van der Waals surface area contributed by atoms with Gasteiger partial charge in [0.2, 0.25) is 0 Å². The maximum Gasteiger partial charge on any atom is 0.490 e. The van der Waals surface area contributed by atoms with Gasteiger partial charge in [0.1, 0.15) is 54.7 Å². The minimum absolute atomic E-state index is 0.0145. The van der Waals surface area contributed by atoms with Crippen LogP contribution in [0.2, 0.25) is 0 Å². The van der Waals surface area contributed by atoms with Crippen molar-refractivity contribution in [3.05, 3.63) is 47.5 Å². The van der Waals surface area contributed by atoms with E-state index in [4.69, 9.17) is 35.7 Å². The van der Waals surface area contributed by atoms with Crippen molar-refractivity contribution in [2.75, 3.05) is 45.1 Å². The Bertz CT molecular complexity index is 2260. The molecule has 0 fully saturated rings. The summed E-state index contributed by atoms with van der Waals surface area (Å²) in [5.74, 6) is -6.06. The first-order valence-electron chi connectivity index (χ1n) is 20.2. The monoisotopic (exact) mass is 1010 g/mol. The van der Waals surface area contributed by atoms with E-state index in [0.717, 1.165) is 11.3 Å². The smallest absolute Gasteiger partial charge is 0.490 e. The number of anilines is 1. The predicted octanol–water partition coefficient (Wildman–Crippen LogP) is -5.41. The van der Waals surface area contributed by atoms with Gasteiger partial charge in [-0.1, -0.05) is 0 Å². The van der Waals surface area contributed by atoms with E-state index in [1.54, 1.807) is 30.5 Å². The van der Waals surface area contributed by atoms with Crippen molar-refractivity contribution in [1.29, 1.82) is 0 Å². The average molecular weight is 1010 g/mol. The van der Waals surface area contributed by atoms with Crippen molar-refractivity contribution < 1.29 is 111 Å². The van der Waals surface area contributed by atoms with Crippen LogP contribution in [0.3, 0.4) is 0 Å². The molecule has 4 aromatic rings. The van der Waals surface area contributed by atoms with Crippen LogP contribution in [-0.2, 0) is 29.2 Å². The summed E-state index contributed by atoms with van der Waals surface area (Å²) >= 11 is 0. The number of benzene rings is 1. The van der Waals surface area contributed by atoms with E-state index in [1.165, 1.54) is 4.90 Å². The summed E-state index contributed by atoms with van der Waals surface area (Å²) in [7, 11) is 0. The summed E-state index contributed by atoms with van der Waals surface area (Å²) in [5, 5.41) is 121. The SMILES string of the molecule is CCn1c(CNC(=O)c2nc3cc[nH]c3nc2N)[n+](CC)c2ccc(C(=O)NCCN(C[C@H](O)[C@@H](O)[C@H](O)[C@H](O)CO)C[C@H](O)[C@@H](O)[C@H](O)[C@H](O)CO)cc21.O=C(O)C(F)(F)F.O=C([O-])C(F)(F)F. The van der Waals surface area contributed by atoms with Crippen LogP contribution < -0.4 is 26.0 Å². The Kier molecular flexibility index (Phi) is 22.5. The topological polar surface area (TPSA) is 418 Å². The first kappa shape index (κ1) is 59.3. The Hall–Kier alpha value is -5.87. The molecule has 3 heterocycles. The highest BCUT2D eigenvalue weighted by atomic mass is 19.4. The van der Waals surface area contributed by atoms with Gasteiger partial charge in [-0.2, -0.15) is 26.3 Å². The lowest BCUT2D eigenvalue weighted by Gasteiger charge is -2.33. The predicted molar refractivity (Wildman–Crippen MR) is 219 cm³/mol. The van der Waals surface area contributed by atoms with Gasteiger partial charge in [0.25, 0.3) is 17.6 Å². The van der Waals surface area contributed by atoms with Crippen molar-refractivity contribution in [2.24, 2.45) is 0 Å². The molecule has 31 heteroatoms. The molecule has 0 aliphatic heterocycles. The third kappa shape index (κ3) is 16.7. The fraction of sp³-hybridized carbons (Fsp3) is 0.553. The van der Waals surface area contributed by atoms with Crippen molar-refractivity contribution in [3.8, 4) is 0 Å². The Labute approximate surface area is 385 Å². The first-order valence-corrected chi connectivity index (χ1v) is 20.2. The number of carboxylic acids is 2. The molecule has 2 amide bonds. The van der Waals surface area contributed by atoms with Gasteiger partial charge in [0.05, 0.1) is 38.5 Å². The lowest BCUT2D eigenvalue weighted by Crippen LogP contribution is -2.54. The third-order valence-corrected chi connectivity index (χ3v) is 9.84. The number of hydrogen-bond acceptors (Lipinski definition) is 19. The minimum Gasteiger partial charge on any atom is -0.542 e. The number of fused-ring (bicyclic) bond motifs is 2. The van der Waals surface area contributed by atoms with Crippen LogP contribution in [0, 0.1) is 0 Å². The number of carboxylic acid groups (broad SMARTS) is 2. The van der Waals surface area contributed by atoms with Crippen molar-refractivity contribution in [3.63, 3.8) is 0 Å². The number of aliphatic carboxylic acids is 2. The van der Waals surface area contributed by atoms with E-state index in [2.05, 4.69) is 25.6 Å². The fourth-order valence-corrected chi connectivity index (χ4v) is 6.28. The van der Waals surface area contributed by atoms with Crippen molar-refractivity contribution in [2.45, 2.75) is 94.7 Å². The number of halogens is 6. The number of nitrogens with two attached hydrogens (primary N) is 1. The summed E-state index contributed by atoms with van der Waals surface area (Å²) < 4.78 is 67.2. The fourth-order valence-electron chi connectivity index (χ4n) is 6.28. The molecule has 0 saturated carbocycles. The minimum atomic E-state index is -5.19. The number of nitrogens with zero attached hydrogens (tertiary/aromatic N) is 5. The highest BCUT2D eigenvalue weighted by Crippen LogP contribution is 2.19. The average Bonchev–Trinajstić information content (AvgIpc) is 3.88. The molecule has 1 aromatic carbocycles. The third-order valence-electron chi connectivity index (χ3n) is 9.84. The quantitative estimate of drug-likeness (QED) is 0.0274. The molecule has 8 atom stereocenters. The van der Waals surface area contributed by atoms with Crippen LogP contribution in [0.4, 0.5) is 32.2 Å². The number of carbonyl (C=O) groups is 4. The number of amides is 2. The van der Waals surface area contributed by atoms with Gasteiger partial charge in [-0.3, -0.25) is 14.5 Å². The Morgan fingerprint density at radius 3 is 1.77 bits per heavy atom. The number of aryl methyl sites for hydroxylation is 2. The number of imidazole rings is 1. The van der Waals surface area contributed by atoms with Gasteiger partial charge in [0.15, 0.2) is 28.2 Å². The number of rotatable bonds is 21. The van der Waals surface area contributed by atoms with Crippen LogP contribution in [0.1, 0.15) is 40.5 Å². The van der Waals surface area contributed by atoms with E-state index in [1.807, 2.05) is 23.0 Å². The van der Waals surface area contributed by atoms with E-state index >= 15 is 0 Å². The number of nitrogen functional groups attached to an aromatic ring is 1. The van der Waals surface area contributed by atoms with E-state index in [-0.39, 0.29) is 36.7 Å². The maximum absolute atomic E-state index is 13.4. The molecule has 0 spiro atoms. The largest absolute Gasteiger partial charge is 0.542 e. The molecule has 4 rings (SSSR count). The number of nitrogens with one attached hydrogen (secondary N) is 3. The van der Waals surface area contributed by atoms with Crippen LogP contribution in [0.15, 0.2) is 30.5 Å². The number of H-pyrrole nitrogens is 1. The van der Waals surface area contributed by atoms with Crippen molar-refractivity contribution in [1.82, 2.24) is 35.1 Å². The Morgan fingerprint density at radius 1 is 0.812 bits per heavy atom. The number of aromatic nitrogens is 5. The molecule has 0 bridgehead atoms. The molecular weight excluding hydrogens is 952 g/mol. The molecule has 0 radical (unpaired) electrons. The molecule has 388 valence electrons. The van der Waals surface area contributed by atoms with Gasteiger partial charge < -0.3 is 87.4 Å². The zero-order chi connectivity index (χ0) is 52.7. The zero-order valence-electron chi connectivity index (χ0n) is 36.4. The zero-order valence-corrected chi connectivity index (χ0v) is 36.4. The van der Waals surface area contributed by atoms with Crippen LogP contribution >= 0.6 is 0 Å². The summed E-state index contributed by atoms with van der Waals surface area (Å²) in [4.78, 5) is 56.9. The summed E-state index contributed by atoms with van der Waals surface area (Å²) in [6, 6.07) is 6.76. The number of aliphatic hydroxyl groups is 10. The lowest BCUT2D eigenvalue weighted by molar-refractivity contribution is -0.676. The second-order valence-corrected chi connectivity index (χ2v) is 14.7. The maximum atomic E-state index is 13.4. The second-order valence-electron chi connectivity index (χ2n) is 14.7. The molecule has 0 aliphatic rings. The van der Waals surface area contributed by atoms with Crippen LogP contribution in [0.25, 0.3) is 22.2 Å². The molecule has 3 aromatic heterocycles. The van der Waals surface area contributed by atoms with Gasteiger partial charge in [-0.25, -0.2) is 23.9 Å². The highest BCUT2D eigenvalue weighted by molar-refractivity contribution is 5.98. The number of aromatic amines is 1. The Balaban J connectivity index is 0.00000101. The summed E-state index contributed by atoms with van der Waals surface area (Å²) in [5.41, 5.74) is 8.72. The molecule has 0 unspecified atom stereocenters. The lowest BCUT2D eigenvalue weighted by atomic mass is 10.0. The number of aliphatic hydroxyl groups excluding tert-OH is 10. The number of hydrogen-bond donors (Lipinski definition) is 15. The molecular formula is C38H53F6N9O16. The Morgan fingerprint density at radius 2 is 1.32 bits per heavy atom. The molecule has 0 saturated heterocycles. The van der Waals surface area contributed by atoms with Gasteiger partial charge in [-0.15, -0.1) is 0 Å². The van der Waals surface area contributed by atoms with Gasteiger partial charge in [-0.05, 0) is 32.0 Å². The van der Waals surface area contributed by atoms with Crippen LogP contribution in [-0.4, -0.2) is 205 Å². The summed E-state index contributed by atoms with van der Waals surface area (Å²) in [6.45, 7) is 1.99. The molecule has 69 heavy (non-hydrogen) atoms. The molecule has 0 aliphatic carbocycles. The van der Waals surface area contributed by atoms with Gasteiger partial charge in [0, 0.05) is 44.0 Å². The first-order chi connectivity index (χ1) is 32.0. The van der Waals surface area contributed by atoms with Gasteiger partial charge >= 0.3 is 18.3 Å². The molecule has 25 nitrogen and oxygen atoms in total. The van der Waals surface area contributed by atoms with E-state index in [0.29, 0.717) is 29.8 Å². The standard InChI is InChI=1S/C34H51N9O12.2C2HF3O2/c1-3-42-19-6-5-17(11-20(19)43(4-2)25(42)12-38-34(55)26-31(35)40-32-18(39-26)7-8-36-32)33(54)37-9-10-41(13-21(46)27(50)29(52)23(48)15-44)14-22(47)28(51)30(53)24(49)16-45;2*3-2(4,5)1(6)7/h5-8,11,21-24,27-30,44-53H,3-4,9-10,12-16H2,1-2H3,(H4-,35,36,37,38,39,40,54,55);2*(H,6,7)/t21-,22-,23+,24+,27+,28+,29+,30+;;/m0../s1. The highest BCUT2D eigenvalue weighted by Gasteiger charge is 2.38. The van der Waals surface area contributed by atoms with Crippen LogP contribution in [0.5, 0.6) is 0 Å². The molecule has 16 N–H and O–H groups in total. The number of alkyl halides is 6. The van der Waals surface area contributed by atoms with E-state index < -0.39 is 111 Å². The normalized spacial score (nSPS) is 15.4. The van der Waals surface area contributed by atoms with E-state index in [9.17, 15) is 76.8 Å². The second kappa shape index (κ2) is 26.2.